The molecule has 1 heterocycles. The predicted octanol–water partition coefficient (Wildman–Crippen LogP) is 1.81. The molecule has 112 valence electrons. The molecule has 2 amide bonds. The summed E-state index contributed by atoms with van der Waals surface area (Å²) in [7, 11) is 0. The topological polar surface area (TPSA) is 75.4 Å². The summed E-state index contributed by atoms with van der Waals surface area (Å²) in [4.78, 5) is 25.2. The Morgan fingerprint density at radius 1 is 1.23 bits per heavy atom. The average molecular weight is 299 g/mol. The Morgan fingerprint density at radius 2 is 1.95 bits per heavy atom. The first-order chi connectivity index (χ1) is 10.6. The molecular formula is C16H14FN3O2. The SMILES string of the molecule is NC(=O)CN1C(=O)C(c2ccccc2)Nc2cc(F)ccc21. The van der Waals surface area contributed by atoms with Crippen molar-refractivity contribution >= 4 is 23.2 Å². The summed E-state index contributed by atoms with van der Waals surface area (Å²) in [6, 6.07) is 12.4. The van der Waals surface area contributed by atoms with Crippen molar-refractivity contribution in [2.24, 2.45) is 5.73 Å². The molecule has 0 saturated heterocycles. The second kappa shape index (κ2) is 5.48. The van der Waals surface area contributed by atoms with Gasteiger partial charge < -0.3 is 11.1 Å². The Kier molecular flexibility index (Phi) is 3.50. The van der Waals surface area contributed by atoms with Gasteiger partial charge in [-0.05, 0) is 23.8 Å². The highest BCUT2D eigenvalue weighted by atomic mass is 19.1. The molecule has 2 aromatic carbocycles. The Morgan fingerprint density at radius 3 is 2.64 bits per heavy atom. The number of carbonyl (C=O) groups excluding carboxylic acids is 2. The molecule has 1 unspecified atom stereocenters. The fourth-order valence-corrected chi connectivity index (χ4v) is 2.54. The first kappa shape index (κ1) is 14.1. The Hall–Kier alpha value is -2.89. The van der Waals surface area contributed by atoms with Gasteiger partial charge in [-0.1, -0.05) is 30.3 Å². The molecule has 0 aromatic heterocycles. The number of nitrogens with one attached hydrogen (secondary N) is 1. The summed E-state index contributed by atoms with van der Waals surface area (Å²) < 4.78 is 13.5. The van der Waals surface area contributed by atoms with Crippen molar-refractivity contribution in [1.82, 2.24) is 0 Å². The highest BCUT2D eigenvalue weighted by Crippen LogP contribution is 2.36. The Bertz CT molecular complexity index is 733. The molecule has 0 aliphatic carbocycles. The maximum absolute atomic E-state index is 13.5. The van der Waals surface area contributed by atoms with Gasteiger partial charge in [0.15, 0.2) is 0 Å². The smallest absolute Gasteiger partial charge is 0.254 e. The lowest BCUT2D eigenvalue weighted by atomic mass is 10.0. The van der Waals surface area contributed by atoms with Crippen LogP contribution in [0, 0.1) is 5.82 Å². The van der Waals surface area contributed by atoms with Gasteiger partial charge in [0.1, 0.15) is 18.4 Å². The van der Waals surface area contributed by atoms with Crippen molar-refractivity contribution in [3.63, 3.8) is 0 Å². The zero-order chi connectivity index (χ0) is 15.7. The lowest BCUT2D eigenvalue weighted by Gasteiger charge is -2.34. The molecule has 0 spiro atoms. The number of fused-ring (bicyclic) bond motifs is 1. The number of benzene rings is 2. The minimum Gasteiger partial charge on any atom is -0.368 e. The summed E-state index contributed by atoms with van der Waals surface area (Å²) in [6.45, 7) is -0.248. The lowest BCUT2D eigenvalue weighted by molar-refractivity contribution is -0.123. The van der Waals surface area contributed by atoms with Gasteiger partial charge in [-0.15, -0.1) is 0 Å². The molecule has 2 aromatic rings. The summed E-state index contributed by atoms with van der Waals surface area (Å²) in [5.41, 5.74) is 6.86. The van der Waals surface area contributed by atoms with Crippen LogP contribution >= 0.6 is 0 Å². The van der Waals surface area contributed by atoms with Crippen molar-refractivity contribution in [2.75, 3.05) is 16.8 Å². The minimum atomic E-state index is -0.685. The molecule has 6 heteroatoms. The first-order valence-corrected chi connectivity index (χ1v) is 6.77. The predicted molar refractivity (Wildman–Crippen MR) is 80.8 cm³/mol. The van der Waals surface area contributed by atoms with Gasteiger partial charge in [0.25, 0.3) is 5.91 Å². The van der Waals surface area contributed by atoms with Crippen LogP contribution in [-0.2, 0) is 9.59 Å². The molecule has 0 radical (unpaired) electrons. The van der Waals surface area contributed by atoms with Crippen molar-refractivity contribution < 1.29 is 14.0 Å². The van der Waals surface area contributed by atoms with Gasteiger partial charge in [0.2, 0.25) is 5.91 Å². The van der Waals surface area contributed by atoms with Gasteiger partial charge in [-0.2, -0.15) is 0 Å². The molecule has 3 N–H and O–H groups in total. The molecule has 1 aliphatic heterocycles. The maximum atomic E-state index is 13.5. The number of nitrogens with two attached hydrogens (primary N) is 1. The summed E-state index contributed by atoms with van der Waals surface area (Å²) >= 11 is 0. The van der Waals surface area contributed by atoms with Crippen LogP contribution < -0.4 is 16.0 Å². The number of rotatable bonds is 3. The zero-order valence-corrected chi connectivity index (χ0v) is 11.6. The Labute approximate surface area is 126 Å². The molecule has 1 aliphatic rings. The van der Waals surface area contributed by atoms with Crippen molar-refractivity contribution in [1.29, 1.82) is 0 Å². The van der Waals surface area contributed by atoms with E-state index < -0.39 is 17.8 Å². The molecule has 3 rings (SSSR count). The van der Waals surface area contributed by atoms with Crippen molar-refractivity contribution in [3.05, 3.63) is 59.9 Å². The monoisotopic (exact) mass is 299 g/mol. The van der Waals surface area contributed by atoms with Crippen LogP contribution in [0.3, 0.4) is 0 Å². The number of anilines is 2. The molecule has 0 fully saturated rings. The van der Waals surface area contributed by atoms with Crippen LogP contribution in [0.25, 0.3) is 0 Å². The number of hydrogen-bond donors (Lipinski definition) is 2. The molecule has 0 bridgehead atoms. The van der Waals surface area contributed by atoms with E-state index in [2.05, 4.69) is 5.32 Å². The summed E-state index contributed by atoms with van der Waals surface area (Å²) in [6.07, 6.45) is 0. The normalized spacial score (nSPS) is 16.9. The fourth-order valence-electron chi connectivity index (χ4n) is 2.54. The van der Waals surface area contributed by atoms with E-state index in [-0.39, 0.29) is 12.5 Å². The largest absolute Gasteiger partial charge is 0.368 e. The number of amides is 2. The van der Waals surface area contributed by atoms with E-state index in [4.69, 9.17) is 5.73 Å². The third kappa shape index (κ3) is 2.50. The Balaban J connectivity index is 2.06. The summed E-state index contributed by atoms with van der Waals surface area (Å²) in [5, 5.41) is 3.02. The van der Waals surface area contributed by atoms with E-state index in [1.54, 1.807) is 12.1 Å². The van der Waals surface area contributed by atoms with E-state index in [9.17, 15) is 14.0 Å². The molecule has 22 heavy (non-hydrogen) atoms. The molecule has 0 saturated carbocycles. The van der Waals surface area contributed by atoms with E-state index in [1.807, 2.05) is 18.2 Å². The van der Waals surface area contributed by atoms with Gasteiger partial charge in [0.05, 0.1) is 11.4 Å². The van der Waals surface area contributed by atoms with E-state index >= 15 is 0 Å². The number of primary amides is 1. The quantitative estimate of drug-likeness (QED) is 0.907. The minimum absolute atomic E-state index is 0.248. The fraction of sp³-hybridized carbons (Fsp3) is 0.125. The van der Waals surface area contributed by atoms with Crippen LogP contribution in [0.1, 0.15) is 11.6 Å². The summed E-state index contributed by atoms with van der Waals surface area (Å²) in [5.74, 6) is -1.35. The molecule has 1 atom stereocenters. The number of halogens is 1. The highest BCUT2D eigenvalue weighted by molar-refractivity contribution is 6.08. The van der Waals surface area contributed by atoms with Gasteiger partial charge in [0, 0.05) is 0 Å². The average Bonchev–Trinajstić information content (AvgIpc) is 2.50. The van der Waals surface area contributed by atoms with Crippen LogP contribution in [0.5, 0.6) is 0 Å². The van der Waals surface area contributed by atoms with Gasteiger partial charge >= 0.3 is 0 Å². The highest BCUT2D eigenvalue weighted by Gasteiger charge is 2.34. The standard InChI is InChI=1S/C16H14FN3O2/c17-11-6-7-13-12(8-11)19-15(10-4-2-1-3-5-10)16(22)20(13)9-14(18)21/h1-8,15,19H,9H2,(H2,18,21). The number of nitrogens with zero attached hydrogens (tertiary/aromatic N) is 1. The van der Waals surface area contributed by atoms with E-state index in [1.165, 1.54) is 23.1 Å². The second-order valence-electron chi connectivity index (χ2n) is 5.04. The van der Waals surface area contributed by atoms with Crippen LogP contribution in [0.2, 0.25) is 0 Å². The lowest BCUT2D eigenvalue weighted by Crippen LogP contribution is -2.46. The maximum Gasteiger partial charge on any atom is 0.254 e. The number of hydrogen-bond acceptors (Lipinski definition) is 3. The van der Waals surface area contributed by atoms with Crippen LogP contribution in [-0.4, -0.2) is 18.4 Å². The first-order valence-electron chi connectivity index (χ1n) is 6.77. The molecular weight excluding hydrogens is 285 g/mol. The van der Waals surface area contributed by atoms with Gasteiger partial charge in [-0.3, -0.25) is 14.5 Å². The number of carbonyl (C=O) groups is 2. The third-order valence-corrected chi connectivity index (χ3v) is 3.51. The van der Waals surface area contributed by atoms with Crippen LogP contribution in [0.4, 0.5) is 15.8 Å². The van der Waals surface area contributed by atoms with Gasteiger partial charge in [-0.25, -0.2) is 4.39 Å². The van der Waals surface area contributed by atoms with E-state index in [0.717, 1.165) is 5.56 Å². The molecule has 5 nitrogen and oxygen atoms in total. The van der Waals surface area contributed by atoms with Crippen molar-refractivity contribution in [3.8, 4) is 0 Å². The second-order valence-corrected chi connectivity index (χ2v) is 5.04. The van der Waals surface area contributed by atoms with Crippen LogP contribution in [0.15, 0.2) is 48.5 Å². The zero-order valence-electron chi connectivity index (χ0n) is 11.6. The van der Waals surface area contributed by atoms with Crippen molar-refractivity contribution in [2.45, 2.75) is 6.04 Å². The van der Waals surface area contributed by atoms with E-state index in [0.29, 0.717) is 11.4 Å². The third-order valence-electron chi connectivity index (χ3n) is 3.51.